The number of nitrogens with two attached hydrogens (primary N) is 1. The maximum atomic E-state index is 12.3. The quantitative estimate of drug-likeness (QED) is 0.828. The van der Waals surface area contributed by atoms with Crippen molar-refractivity contribution >= 4 is 17.5 Å². The van der Waals surface area contributed by atoms with Gasteiger partial charge in [0.1, 0.15) is 0 Å². The van der Waals surface area contributed by atoms with Crippen molar-refractivity contribution in [2.75, 3.05) is 31.1 Å². The second-order valence-electron chi connectivity index (χ2n) is 7.55. The highest BCUT2D eigenvalue weighted by Gasteiger charge is 2.21. The van der Waals surface area contributed by atoms with Crippen molar-refractivity contribution in [3.63, 3.8) is 0 Å². The van der Waals surface area contributed by atoms with Gasteiger partial charge < -0.3 is 15.5 Å². The molecular formula is C21H29N5O2. The fraction of sp³-hybridized carbons (Fsp3) is 0.476. The Morgan fingerprint density at radius 2 is 1.64 bits per heavy atom. The van der Waals surface area contributed by atoms with Crippen LogP contribution in [0.3, 0.4) is 0 Å². The Labute approximate surface area is 166 Å². The molecule has 0 bridgehead atoms. The average Bonchev–Trinajstić information content (AvgIpc) is 2.99. The second kappa shape index (κ2) is 8.46. The van der Waals surface area contributed by atoms with Crippen LogP contribution in [0.1, 0.15) is 36.2 Å². The van der Waals surface area contributed by atoms with Crippen molar-refractivity contribution in [2.45, 2.75) is 40.0 Å². The van der Waals surface area contributed by atoms with E-state index in [1.807, 2.05) is 16.5 Å². The van der Waals surface area contributed by atoms with Crippen molar-refractivity contribution in [2.24, 2.45) is 5.73 Å². The number of carbonyl (C=O) groups excluding carboxylic acids is 2. The highest BCUT2D eigenvalue weighted by molar-refractivity contribution is 5.78. The number of aromatic nitrogens is 2. The summed E-state index contributed by atoms with van der Waals surface area (Å²) in [5.74, 6) is -0.246. The molecule has 1 aromatic carbocycles. The number of anilines is 1. The van der Waals surface area contributed by atoms with Crippen LogP contribution in [0.4, 0.5) is 5.69 Å². The molecule has 0 aliphatic carbocycles. The Hall–Kier alpha value is -2.83. The number of aryl methyl sites for hydroxylation is 3. The van der Waals surface area contributed by atoms with E-state index in [2.05, 4.69) is 48.1 Å². The van der Waals surface area contributed by atoms with E-state index >= 15 is 0 Å². The molecule has 2 heterocycles. The molecule has 150 valence electrons. The Morgan fingerprint density at radius 3 is 2.25 bits per heavy atom. The number of amides is 2. The molecule has 2 aromatic rings. The fourth-order valence-electron chi connectivity index (χ4n) is 3.72. The van der Waals surface area contributed by atoms with Gasteiger partial charge in [0.2, 0.25) is 11.8 Å². The molecule has 2 N–H and O–H groups in total. The molecule has 1 aromatic heterocycles. The number of carbonyl (C=O) groups is 2. The van der Waals surface area contributed by atoms with Crippen LogP contribution in [0.15, 0.2) is 24.3 Å². The number of hydrogen-bond donors (Lipinski definition) is 1. The third-order valence-electron chi connectivity index (χ3n) is 5.11. The predicted molar refractivity (Wildman–Crippen MR) is 110 cm³/mol. The Bertz CT molecular complexity index is 866. The van der Waals surface area contributed by atoms with Gasteiger partial charge in [0.15, 0.2) is 0 Å². The van der Waals surface area contributed by atoms with E-state index in [0.717, 1.165) is 35.9 Å². The summed E-state index contributed by atoms with van der Waals surface area (Å²) in [7, 11) is 0. The van der Waals surface area contributed by atoms with Crippen molar-refractivity contribution < 1.29 is 9.59 Å². The van der Waals surface area contributed by atoms with Crippen molar-refractivity contribution in [1.29, 1.82) is 0 Å². The van der Waals surface area contributed by atoms with Crippen molar-refractivity contribution in [1.82, 2.24) is 14.7 Å². The molecule has 0 unspecified atom stereocenters. The maximum Gasteiger partial charge on any atom is 0.222 e. The van der Waals surface area contributed by atoms with E-state index in [-0.39, 0.29) is 18.2 Å². The van der Waals surface area contributed by atoms with Crippen LogP contribution in [-0.2, 0) is 9.59 Å². The molecule has 7 nitrogen and oxygen atoms in total. The number of primary amides is 1. The summed E-state index contributed by atoms with van der Waals surface area (Å²) in [6, 6.07) is 8.56. The number of hydrogen-bond acceptors (Lipinski definition) is 4. The number of nitrogens with zero attached hydrogens (tertiary/aromatic N) is 4. The Kier molecular flexibility index (Phi) is 6.02. The van der Waals surface area contributed by atoms with Crippen LogP contribution in [0.2, 0.25) is 0 Å². The first-order valence-corrected chi connectivity index (χ1v) is 9.80. The maximum absolute atomic E-state index is 12.3. The van der Waals surface area contributed by atoms with Crippen molar-refractivity contribution in [3.05, 3.63) is 41.2 Å². The summed E-state index contributed by atoms with van der Waals surface area (Å²) < 4.78 is 1.98. The van der Waals surface area contributed by atoms with Gasteiger partial charge in [-0.15, -0.1) is 0 Å². The molecule has 1 saturated heterocycles. The molecule has 7 heteroatoms. The molecule has 1 aliphatic heterocycles. The van der Waals surface area contributed by atoms with Gasteiger partial charge in [-0.2, -0.15) is 5.10 Å². The fourth-order valence-corrected chi connectivity index (χ4v) is 3.72. The lowest BCUT2D eigenvalue weighted by molar-refractivity contribution is -0.131. The third kappa shape index (κ3) is 4.71. The first-order valence-electron chi connectivity index (χ1n) is 9.80. The van der Waals surface area contributed by atoms with E-state index in [4.69, 9.17) is 5.73 Å². The summed E-state index contributed by atoms with van der Waals surface area (Å²) in [4.78, 5) is 27.3. The smallest absolute Gasteiger partial charge is 0.222 e. The highest BCUT2D eigenvalue weighted by Crippen LogP contribution is 2.24. The van der Waals surface area contributed by atoms with Gasteiger partial charge in [0.05, 0.1) is 11.4 Å². The molecule has 0 saturated carbocycles. The molecule has 28 heavy (non-hydrogen) atoms. The lowest BCUT2D eigenvalue weighted by Crippen LogP contribution is -2.48. The van der Waals surface area contributed by atoms with Gasteiger partial charge in [-0.3, -0.25) is 9.59 Å². The van der Waals surface area contributed by atoms with Crippen LogP contribution in [0.5, 0.6) is 0 Å². The predicted octanol–water partition coefficient (Wildman–Crippen LogP) is 2.10. The number of piperazine rings is 1. The van der Waals surface area contributed by atoms with E-state index in [1.165, 1.54) is 5.56 Å². The molecule has 0 atom stereocenters. The largest absolute Gasteiger partial charge is 0.370 e. The normalized spacial score (nSPS) is 14.4. The van der Waals surface area contributed by atoms with E-state index in [9.17, 15) is 9.59 Å². The van der Waals surface area contributed by atoms with E-state index in [0.29, 0.717) is 25.9 Å². The Morgan fingerprint density at radius 1 is 0.964 bits per heavy atom. The standard InChI is InChI=1S/C21H29N5O2/c1-15-11-18(14-19(12-15)26-17(3)13-16(2)23-26)24-7-9-25(10-8-24)21(28)6-4-5-20(22)27/h11-14H,4-10H2,1-3H3,(H2,22,27). The minimum Gasteiger partial charge on any atom is -0.370 e. The van der Waals surface area contributed by atoms with Gasteiger partial charge in [-0.05, 0) is 57.0 Å². The van der Waals surface area contributed by atoms with Crippen molar-refractivity contribution in [3.8, 4) is 5.69 Å². The van der Waals surface area contributed by atoms with Crippen LogP contribution in [0.25, 0.3) is 5.69 Å². The summed E-state index contributed by atoms with van der Waals surface area (Å²) in [6.45, 7) is 9.13. The van der Waals surface area contributed by atoms with Crippen LogP contribution in [0, 0.1) is 20.8 Å². The zero-order valence-corrected chi connectivity index (χ0v) is 16.9. The first-order chi connectivity index (χ1) is 13.3. The van der Waals surface area contributed by atoms with Gasteiger partial charge in [-0.25, -0.2) is 4.68 Å². The molecule has 3 rings (SSSR count). The SMILES string of the molecule is Cc1cc(N2CCN(C(=O)CCCC(N)=O)CC2)cc(-n2nc(C)cc2C)c1. The van der Waals surface area contributed by atoms with E-state index in [1.54, 1.807) is 0 Å². The zero-order valence-electron chi connectivity index (χ0n) is 16.9. The minimum absolute atomic E-state index is 0.105. The Balaban J connectivity index is 1.65. The molecule has 0 radical (unpaired) electrons. The van der Waals surface area contributed by atoms with Crippen LogP contribution >= 0.6 is 0 Å². The molecule has 1 aliphatic rings. The van der Waals surface area contributed by atoms with Gasteiger partial charge >= 0.3 is 0 Å². The molecule has 1 fully saturated rings. The van der Waals surface area contributed by atoms with Gasteiger partial charge in [0, 0.05) is 50.4 Å². The molecular weight excluding hydrogens is 354 g/mol. The summed E-state index contributed by atoms with van der Waals surface area (Å²) in [5, 5.41) is 4.60. The average molecular weight is 383 g/mol. The summed E-state index contributed by atoms with van der Waals surface area (Å²) >= 11 is 0. The lowest BCUT2D eigenvalue weighted by atomic mass is 10.1. The summed E-state index contributed by atoms with van der Waals surface area (Å²) in [5.41, 5.74) is 10.7. The molecule has 0 spiro atoms. The second-order valence-corrected chi connectivity index (χ2v) is 7.55. The zero-order chi connectivity index (χ0) is 20.3. The van der Waals surface area contributed by atoms with Crippen LogP contribution in [-0.4, -0.2) is 52.7 Å². The molecule has 2 amide bonds. The van der Waals surface area contributed by atoms with Crippen LogP contribution < -0.4 is 10.6 Å². The van der Waals surface area contributed by atoms with E-state index < -0.39 is 0 Å². The number of rotatable bonds is 6. The first kappa shape index (κ1) is 19.9. The van der Waals surface area contributed by atoms with Gasteiger partial charge in [0.25, 0.3) is 0 Å². The van der Waals surface area contributed by atoms with Gasteiger partial charge in [-0.1, -0.05) is 0 Å². The third-order valence-corrected chi connectivity index (χ3v) is 5.11. The monoisotopic (exact) mass is 383 g/mol. The number of benzene rings is 1. The topological polar surface area (TPSA) is 84.5 Å². The highest BCUT2D eigenvalue weighted by atomic mass is 16.2. The lowest BCUT2D eigenvalue weighted by Gasteiger charge is -2.36. The minimum atomic E-state index is -0.351. The summed E-state index contributed by atoms with van der Waals surface area (Å²) in [6.07, 6.45) is 1.18.